The van der Waals surface area contributed by atoms with E-state index in [4.69, 9.17) is 10.5 Å². The molecule has 3 heteroatoms. The maximum atomic E-state index is 12.9. The van der Waals surface area contributed by atoms with Crippen molar-refractivity contribution >= 4 is 0 Å². The first-order valence-electron chi connectivity index (χ1n) is 5.71. The molecule has 0 bridgehead atoms. The van der Waals surface area contributed by atoms with Crippen molar-refractivity contribution in [2.45, 2.75) is 32.7 Å². The second-order valence-corrected chi connectivity index (χ2v) is 4.02. The normalized spacial score (nSPS) is 12.8. The highest BCUT2D eigenvalue weighted by atomic mass is 19.1. The molecule has 0 spiro atoms. The van der Waals surface area contributed by atoms with Gasteiger partial charge in [-0.3, -0.25) is 0 Å². The fraction of sp³-hybridized carbons (Fsp3) is 0.538. The Kier molecular flexibility index (Phi) is 5.43. The Labute approximate surface area is 96.6 Å². The van der Waals surface area contributed by atoms with E-state index in [2.05, 4.69) is 0 Å². The van der Waals surface area contributed by atoms with E-state index < -0.39 is 0 Å². The lowest BCUT2D eigenvalue weighted by Gasteiger charge is -2.13. The monoisotopic (exact) mass is 225 g/mol. The molecule has 1 aromatic rings. The van der Waals surface area contributed by atoms with Gasteiger partial charge in [-0.25, -0.2) is 4.39 Å². The maximum Gasteiger partial charge on any atom is 0.123 e. The van der Waals surface area contributed by atoms with Crippen LogP contribution in [0.3, 0.4) is 0 Å². The summed E-state index contributed by atoms with van der Waals surface area (Å²) in [6, 6.07) is 4.92. The lowest BCUT2D eigenvalue weighted by molar-refractivity contribution is 0.140. The average molecular weight is 225 g/mol. The molecule has 0 saturated carbocycles. The van der Waals surface area contributed by atoms with Crippen LogP contribution in [0.25, 0.3) is 0 Å². The van der Waals surface area contributed by atoms with Gasteiger partial charge in [-0.15, -0.1) is 0 Å². The van der Waals surface area contributed by atoms with Crippen molar-refractivity contribution in [1.29, 1.82) is 0 Å². The highest BCUT2D eigenvalue weighted by Crippen LogP contribution is 2.12. The van der Waals surface area contributed by atoms with Crippen LogP contribution >= 0.6 is 0 Å². The minimum absolute atomic E-state index is 0.0794. The van der Waals surface area contributed by atoms with Gasteiger partial charge in [-0.1, -0.05) is 6.07 Å². The molecule has 0 aromatic heterocycles. The second-order valence-electron chi connectivity index (χ2n) is 4.02. The van der Waals surface area contributed by atoms with E-state index in [-0.39, 0.29) is 11.9 Å². The Morgan fingerprint density at radius 1 is 1.44 bits per heavy atom. The molecule has 0 amide bonds. The van der Waals surface area contributed by atoms with Crippen molar-refractivity contribution in [2.75, 3.05) is 13.2 Å². The van der Waals surface area contributed by atoms with Gasteiger partial charge >= 0.3 is 0 Å². The molecule has 0 saturated heterocycles. The lowest BCUT2D eigenvalue weighted by atomic mass is 10.00. The Bertz CT molecular complexity index is 328. The number of hydrogen-bond donors (Lipinski definition) is 1. The van der Waals surface area contributed by atoms with E-state index in [0.717, 1.165) is 30.6 Å². The van der Waals surface area contributed by atoms with Crippen LogP contribution in [-0.4, -0.2) is 19.3 Å². The van der Waals surface area contributed by atoms with Gasteiger partial charge in [0.25, 0.3) is 0 Å². The van der Waals surface area contributed by atoms with Gasteiger partial charge in [0.1, 0.15) is 5.82 Å². The number of rotatable bonds is 6. The molecule has 0 aliphatic heterocycles. The van der Waals surface area contributed by atoms with Crippen LogP contribution in [0, 0.1) is 12.7 Å². The molecule has 0 aliphatic carbocycles. The molecular formula is C13H20FNO. The topological polar surface area (TPSA) is 35.2 Å². The third kappa shape index (κ3) is 4.29. The number of ether oxygens (including phenoxy) is 1. The summed E-state index contributed by atoms with van der Waals surface area (Å²) in [6.45, 7) is 5.30. The molecule has 1 aromatic carbocycles. The van der Waals surface area contributed by atoms with E-state index in [9.17, 15) is 4.39 Å². The summed E-state index contributed by atoms with van der Waals surface area (Å²) in [5, 5.41) is 0. The average Bonchev–Trinajstić information content (AvgIpc) is 2.23. The van der Waals surface area contributed by atoms with Gasteiger partial charge in [0.15, 0.2) is 0 Å². The number of aryl methyl sites for hydroxylation is 1. The lowest BCUT2D eigenvalue weighted by Crippen LogP contribution is -2.25. The summed E-state index contributed by atoms with van der Waals surface area (Å²) >= 11 is 0. The largest absolute Gasteiger partial charge is 0.382 e. The number of nitrogens with two attached hydrogens (primary N) is 1. The van der Waals surface area contributed by atoms with Crippen molar-refractivity contribution in [3.8, 4) is 0 Å². The standard InChI is InChI=1S/C13H20FNO/c1-3-16-7-6-13(15)9-11-4-5-12(14)8-10(11)2/h4-5,8,13H,3,6-7,9,15H2,1-2H3. The first kappa shape index (κ1) is 13.1. The zero-order valence-electron chi connectivity index (χ0n) is 10.0. The summed E-state index contributed by atoms with van der Waals surface area (Å²) in [5.41, 5.74) is 8.06. The van der Waals surface area contributed by atoms with E-state index in [0.29, 0.717) is 6.61 Å². The van der Waals surface area contributed by atoms with Crippen LogP contribution in [0.2, 0.25) is 0 Å². The molecule has 2 nitrogen and oxygen atoms in total. The Balaban J connectivity index is 2.46. The summed E-state index contributed by atoms with van der Waals surface area (Å²) in [5.74, 6) is -0.191. The van der Waals surface area contributed by atoms with E-state index >= 15 is 0 Å². The fourth-order valence-corrected chi connectivity index (χ4v) is 1.65. The molecule has 1 atom stereocenters. The van der Waals surface area contributed by atoms with Gasteiger partial charge < -0.3 is 10.5 Å². The first-order valence-corrected chi connectivity index (χ1v) is 5.71. The van der Waals surface area contributed by atoms with Gasteiger partial charge in [-0.05, 0) is 49.9 Å². The number of hydrogen-bond acceptors (Lipinski definition) is 2. The van der Waals surface area contributed by atoms with Gasteiger partial charge in [-0.2, -0.15) is 0 Å². The predicted octanol–water partition coefficient (Wildman–Crippen LogP) is 2.43. The van der Waals surface area contributed by atoms with Gasteiger partial charge in [0.05, 0.1) is 0 Å². The van der Waals surface area contributed by atoms with E-state index in [1.807, 2.05) is 19.9 Å². The minimum Gasteiger partial charge on any atom is -0.382 e. The SMILES string of the molecule is CCOCCC(N)Cc1ccc(F)cc1C. The fourth-order valence-electron chi connectivity index (χ4n) is 1.65. The van der Waals surface area contributed by atoms with E-state index in [1.165, 1.54) is 6.07 Å². The third-order valence-electron chi connectivity index (χ3n) is 2.62. The highest BCUT2D eigenvalue weighted by molar-refractivity contribution is 5.27. The molecule has 0 heterocycles. The summed E-state index contributed by atoms with van der Waals surface area (Å²) in [4.78, 5) is 0. The zero-order valence-corrected chi connectivity index (χ0v) is 10.0. The highest BCUT2D eigenvalue weighted by Gasteiger charge is 2.06. The smallest absolute Gasteiger partial charge is 0.123 e. The molecule has 1 rings (SSSR count). The van der Waals surface area contributed by atoms with Crippen molar-refractivity contribution in [2.24, 2.45) is 5.73 Å². The molecular weight excluding hydrogens is 205 g/mol. The molecule has 90 valence electrons. The van der Waals surface area contributed by atoms with Crippen molar-refractivity contribution in [1.82, 2.24) is 0 Å². The summed E-state index contributed by atoms with van der Waals surface area (Å²) in [7, 11) is 0. The maximum absolute atomic E-state index is 12.9. The summed E-state index contributed by atoms with van der Waals surface area (Å²) in [6.07, 6.45) is 1.61. The molecule has 0 aliphatic rings. The van der Waals surface area contributed by atoms with Crippen LogP contribution in [0.15, 0.2) is 18.2 Å². The van der Waals surface area contributed by atoms with Crippen LogP contribution in [0.1, 0.15) is 24.5 Å². The minimum atomic E-state index is -0.191. The Hall–Kier alpha value is -0.930. The van der Waals surface area contributed by atoms with Crippen LogP contribution in [-0.2, 0) is 11.2 Å². The molecule has 2 N–H and O–H groups in total. The third-order valence-corrected chi connectivity index (χ3v) is 2.62. The van der Waals surface area contributed by atoms with Gasteiger partial charge in [0.2, 0.25) is 0 Å². The van der Waals surface area contributed by atoms with Crippen molar-refractivity contribution in [3.05, 3.63) is 35.1 Å². The van der Waals surface area contributed by atoms with Crippen LogP contribution in [0.4, 0.5) is 4.39 Å². The zero-order chi connectivity index (χ0) is 12.0. The molecule has 1 unspecified atom stereocenters. The Morgan fingerprint density at radius 3 is 2.81 bits per heavy atom. The quantitative estimate of drug-likeness (QED) is 0.755. The van der Waals surface area contributed by atoms with E-state index in [1.54, 1.807) is 6.07 Å². The van der Waals surface area contributed by atoms with Crippen molar-refractivity contribution < 1.29 is 9.13 Å². The van der Waals surface area contributed by atoms with Crippen molar-refractivity contribution in [3.63, 3.8) is 0 Å². The van der Waals surface area contributed by atoms with Gasteiger partial charge in [0, 0.05) is 19.3 Å². The van der Waals surface area contributed by atoms with Crippen LogP contribution in [0.5, 0.6) is 0 Å². The predicted molar refractivity (Wildman–Crippen MR) is 63.9 cm³/mol. The second kappa shape index (κ2) is 6.61. The molecule has 16 heavy (non-hydrogen) atoms. The number of benzene rings is 1. The first-order chi connectivity index (χ1) is 7.63. The summed E-state index contributed by atoms with van der Waals surface area (Å²) < 4.78 is 18.1. The number of halogens is 1. The van der Waals surface area contributed by atoms with Crippen LogP contribution < -0.4 is 5.73 Å². The molecule has 0 fully saturated rings. The molecule has 0 radical (unpaired) electrons. The Morgan fingerprint density at radius 2 is 2.19 bits per heavy atom.